The highest BCUT2D eigenvalue weighted by Crippen LogP contribution is 2.23. The van der Waals surface area contributed by atoms with Gasteiger partial charge in [0, 0.05) is 12.3 Å². The lowest BCUT2D eigenvalue weighted by molar-refractivity contribution is 0.375. The van der Waals surface area contributed by atoms with Gasteiger partial charge in [0.15, 0.2) is 5.76 Å². The first kappa shape index (κ1) is 10.9. The van der Waals surface area contributed by atoms with Crippen LogP contribution in [-0.2, 0) is 6.42 Å². The van der Waals surface area contributed by atoms with Crippen LogP contribution < -0.4 is 0 Å². The van der Waals surface area contributed by atoms with E-state index in [1.54, 1.807) is 6.20 Å². The molecule has 3 nitrogen and oxygen atoms in total. The maximum Gasteiger partial charge on any atom is 0.185 e. The van der Waals surface area contributed by atoms with E-state index in [0.717, 1.165) is 23.6 Å². The Hall–Kier alpha value is -1.64. The molecule has 2 rings (SSSR count). The second-order valence-electron chi connectivity index (χ2n) is 5.13. The third-order valence-electron chi connectivity index (χ3n) is 2.19. The van der Waals surface area contributed by atoms with Gasteiger partial charge in [0.05, 0.1) is 5.69 Å². The summed E-state index contributed by atoms with van der Waals surface area (Å²) in [6.07, 6.45) is 2.66. The Kier molecular flexibility index (Phi) is 2.77. The first-order valence-corrected chi connectivity index (χ1v) is 5.42. The SMILES string of the molecule is CC(C)(C)Cc1cc(-c2ccccn2)on1. The van der Waals surface area contributed by atoms with Crippen LogP contribution in [0.3, 0.4) is 0 Å². The fourth-order valence-electron chi connectivity index (χ4n) is 1.57. The van der Waals surface area contributed by atoms with E-state index in [1.807, 2.05) is 24.3 Å². The highest BCUT2D eigenvalue weighted by atomic mass is 16.5. The van der Waals surface area contributed by atoms with Gasteiger partial charge >= 0.3 is 0 Å². The normalized spacial score (nSPS) is 11.7. The van der Waals surface area contributed by atoms with Gasteiger partial charge in [-0.15, -0.1) is 0 Å². The zero-order chi connectivity index (χ0) is 11.6. The van der Waals surface area contributed by atoms with Crippen molar-refractivity contribution in [3.8, 4) is 11.5 Å². The minimum absolute atomic E-state index is 0.220. The van der Waals surface area contributed by atoms with Gasteiger partial charge in [-0.05, 0) is 24.0 Å². The molecule has 0 aliphatic heterocycles. The summed E-state index contributed by atoms with van der Waals surface area (Å²) in [7, 11) is 0. The molecule has 0 aliphatic carbocycles. The molecule has 0 atom stereocenters. The summed E-state index contributed by atoms with van der Waals surface area (Å²) in [6.45, 7) is 6.55. The highest BCUT2D eigenvalue weighted by molar-refractivity contribution is 5.51. The Morgan fingerprint density at radius 2 is 2.06 bits per heavy atom. The van der Waals surface area contributed by atoms with E-state index in [0.29, 0.717) is 0 Å². The van der Waals surface area contributed by atoms with Crippen molar-refractivity contribution in [1.82, 2.24) is 10.1 Å². The number of rotatable bonds is 2. The van der Waals surface area contributed by atoms with Crippen molar-refractivity contribution in [3.05, 3.63) is 36.2 Å². The van der Waals surface area contributed by atoms with Gasteiger partial charge in [-0.3, -0.25) is 4.98 Å². The van der Waals surface area contributed by atoms with E-state index in [4.69, 9.17) is 4.52 Å². The number of aromatic nitrogens is 2. The Labute approximate surface area is 95.5 Å². The molecule has 2 aromatic rings. The van der Waals surface area contributed by atoms with Gasteiger partial charge in [-0.1, -0.05) is 32.0 Å². The number of hydrogen-bond donors (Lipinski definition) is 0. The molecule has 0 aromatic carbocycles. The molecular weight excluding hydrogens is 200 g/mol. The molecule has 84 valence electrons. The molecule has 0 saturated carbocycles. The molecule has 0 spiro atoms. The fourth-order valence-corrected chi connectivity index (χ4v) is 1.57. The predicted molar refractivity (Wildman–Crippen MR) is 62.9 cm³/mol. The number of hydrogen-bond acceptors (Lipinski definition) is 3. The first-order chi connectivity index (χ1) is 7.54. The summed E-state index contributed by atoms with van der Waals surface area (Å²) < 4.78 is 5.28. The Morgan fingerprint density at radius 3 is 2.69 bits per heavy atom. The molecule has 0 bridgehead atoms. The summed E-state index contributed by atoms with van der Waals surface area (Å²) in [5.74, 6) is 0.736. The van der Waals surface area contributed by atoms with E-state index in [2.05, 4.69) is 30.9 Å². The van der Waals surface area contributed by atoms with Crippen LogP contribution >= 0.6 is 0 Å². The van der Waals surface area contributed by atoms with E-state index in [9.17, 15) is 0 Å². The molecule has 2 heterocycles. The Morgan fingerprint density at radius 1 is 1.25 bits per heavy atom. The topological polar surface area (TPSA) is 38.9 Å². The van der Waals surface area contributed by atoms with Crippen LogP contribution in [-0.4, -0.2) is 10.1 Å². The minimum atomic E-state index is 0.220. The maximum absolute atomic E-state index is 5.28. The average molecular weight is 216 g/mol. The summed E-state index contributed by atoms with van der Waals surface area (Å²) in [5.41, 5.74) is 2.03. The van der Waals surface area contributed by atoms with Crippen LogP contribution in [0.15, 0.2) is 35.0 Å². The average Bonchev–Trinajstić information content (AvgIpc) is 2.65. The van der Waals surface area contributed by atoms with Gasteiger partial charge in [-0.2, -0.15) is 0 Å². The Bertz CT molecular complexity index is 454. The fraction of sp³-hybridized carbons (Fsp3) is 0.385. The highest BCUT2D eigenvalue weighted by Gasteiger charge is 2.15. The number of nitrogens with zero attached hydrogens (tertiary/aromatic N) is 2. The lowest BCUT2D eigenvalue weighted by Gasteiger charge is -2.14. The number of pyridine rings is 1. The molecule has 2 aromatic heterocycles. The molecule has 0 amide bonds. The largest absolute Gasteiger partial charge is 0.354 e. The van der Waals surface area contributed by atoms with Crippen molar-refractivity contribution in [2.24, 2.45) is 5.41 Å². The van der Waals surface area contributed by atoms with Crippen LogP contribution in [0.1, 0.15) is 26.5 Å². The molecule has 0 aliphatic rings. The molecule has 0 unspecified atom stereocenters. The molecular formula is C13H16N2O. The molecule has 16 heavy (non-hydrogen) atoms. The quantitative estimate of drug-likeness (QED) is 0.773. The second kappa shape index (κ2) is 4.08. The molecule has 0 saturated heterocycles. The summed E-state index contributed by atoms with van der Waals surface area (Å²) in [6, 6.07) is 7.71. The second-order valence-corrected chi connectivity index (χ2v) is 5.13. The van der Waals surface area contributed by atoms with Gasteiger partial charge in [0.1, 0.15) is 5.69 Å². The van der Waals surface area contributed by atoms with E-state index < -0.39 is 0 Å². The Balaban J connectivity index is 2.21. The van der Waals surface area contributed by atoms with Gasteiger partial charge in [0.2, 0.25) is 0 Å². The molecule has 0 fully saturated rings. The van der Waals surface area contributed by atoms with Crippen molar-refractivity contribution in [1.29, 1.82) is 0 Å². The van der Waals surface area contributed by atoms with E-state index >= 15 is 0 Å². The van der Waals surface area contributed by atoms with Crippen molar-refractivity contribution in [2.75, 3.05) is 0 Å². The van der Waals surface area contributed by atoms with Crippen molar-refractivity contribution >= 4 is 0 Å². The van der Waals surface area contributed by atoms with E-state index in [-0.39, 0.29) is 5.41 Å². The monoisotopic (exact) mass is 216 g/mol. The van der Waals surface area contributed by atoms with Crippen LogP contribution in [0, 0.1) is 5.41 Å². The zero-order valence-electron chi connectivity index (χ0n) is 9.90. The van der Waals surface area contributed by atoms with Crippen molar-refractivity contribution < 1.29 is 4.52 Å². The third kappa shape index (κ3) is 2.69. The summed E-state index contributed by atoms with van der Waals surface area (Å²) >= 11 is 0. The molecule has 0 radical (unpaired) electrons. The molecule has 3 heteroatoms. The minimum Gasteiger partial charge on any atom is -0.354 e. The molecule has 0 N–H and O–H groups in total. The van der Waals surface area contributed by atoms with Crippen LogP contribution in [0.2, 0.25) is 0 Å². The van der Waals surface area contributed by atoms with Crippen molar-refractivity contribution in [2.45, 2.75) is 27.2 Å². The van der Waals surface area contributed by atoms with Gasteiger partial charge in [-0.25, -0.2) is 0 Å². The zero-order valence-corrected chi connectivity index (χ0v) is 9.90. The van der Waals surface area contributed by atoms with Crippen LogP contribution in [0.25, 0.3) is 11.5 Å². The van der Waals surface area contributed by atoms with Crippen LogP contribution in [0.4, 0.5) is 0 Å². The predicted octanol–water partition coefficient (Wildman–Crippen LogP) is 3.33. The van der Waals surface area contributed by atoms with Gasteiger partial charge in [0.25, 0.3) is 0 Å². The lowest BCUT2D eigenvalue weighted by atomic mass is 9.90. The summed E-state index contributed by atoms with van der Waals surface area (Å²) in [5, 5.41) is 4.06. The van der Waals surface area contributed by atoms with Gasteiger partial charge < -0.3 is 4.52 Å². The first-order valence-electron chi connectivity index (χ1n) is 5.42. The van der Waals surface area contributed by atoms with Crippen molar-refractivity contribution in [3.63, 3.8) is 0 Å². The summed E-state index contributed by atoms with van der Waals surface area (Å²) in [4.78, 5) is 4.23. The third-order valence-corrected chi connectivity index (χ3v) is 2.19. The lowest BCUT2D eigenvalue weighted by Crippen LogP contribution is -2.09. The van der Waals surface area contributed by atoms with E-state index in [1.165, 1.54) is 0 Å². The smallest absolute Gasteiger partial charge is 0.185 e. The standard InChI is InChI=1S/C13H16N2O/c1-13(2,3)9-10-8-12(16-15-10)11-6-4-5-7-14-11/h4-8H,9H2,1-3H3. The maximum atomic E-state index is 5.28. The van der Waals surface area contributed by atoms with Crippen LogP contribution in [0.5, 0.6) is 0 Å².